The zero-order valence-corrected chi connectivity index (χ0v) is 28.4. The van der Waals surface area contributed by atoms with E-state index in [2.05, 4.69) is 0 Å². The lowest BCUT2D eigenvalue weighted by molar-refractivity contribution is -0.382. The summed E-state index contributed by atoms with van der Waals surface area (Å²) in [5.74, 6) is 0. The largest absolute Gasteiger partial charge is 0.394 e. The smallest absolute Gasteiger partial charge is 0.187 e. The Kier molecular flexibility index (Phi) is 14.8. The van der Waals surface area contributed by atoms with E-state index in [9.17, 15) is 76.6 Å². The highest BCUT2D eigenvalue weighted by atomic mass is 16.8. The number of hydrogen-bond acceptors (Lipinski definition) is 23. The summed E-state index contributed by atoms with van der Waals surface area (Å²) in [4.78, 5) is 0. The van der Waals surface area contributed by atoms with Crippen molar-refractivity contribution in [3.8, 4) is 0 Å². The molecule has 0 radical (unpaired) electrons. The van der Waals surface area contributed by atoms with Gasteiger partial charge in [-0.15, -0.1) is 0 Å². The van der Waals surface area contributed by atoms with Crippen molar-refractivity contribution < 1.29 is 114 Å². The molecule has 23 heteroatoms. The molecule has 5 aliphatic rings. The molecular weight excluding hydrogens is 728 g/mol. The number of aliphatic hydroxyl groups is 15. The van der Waals surface area contributed by atoms with Gasteiger partial charge in [-0.05, 0) is 19.8 Å². The molecule has 1 saturated carbocycles. The van der Waals surface area contributed by atoms with Gasteiger partial charge in [0.2, 0.25) is 0 Å². The molecule has 5 rings (SSSR count). The number of hydrogen-bond donors (Lipinski definition) is 15. The second-order valence-electron chi connectivity index (χ2n) is 13.9. The fourth-order valence-corrected chi connectivity index (χ4v) is 7.15. The van der Waals surface area contributed by atoms with Crippen LogP contribution in [0.3, 0.4) is 0 Å². The molecule has 15 N–H and O–H groups in total. The van der Waals surface area contributed by atoms with Gasteiger partial charge in [-0.25, -0.2) is 0 Å². The second-order valence-corrected chi connectivity index (χ2v) is 13.9. The van der Waals surface area contributed by atoms with Gasteiger partial charge >= 0.3 is 0 Å². The second kappa shape index (κ2) is 18.1. The number of ether oxygens (including phenoxy) is 8. The van der Waals surface area contributed by atoms with E-state index >= 15 is 0 Å². The van der Waals surface area contributed by atoms with Crippen LogP contribution < -0.4 is 0 Å². The van der Waals surface area contributed by atoms with Crippen molar-refractivity contribution in [2.45, 2.75) is 167 Å². The lowest BCUT2D eigenvalue weighted by Gasteiger charge is -2.48. The first-order valence-corrected chi connectivity index (χ1v) is 17.3. The number of aliphatic hydroxyl groups excluding tert-OH is 15. The molecule has 23 nitrogen and oxygen atoms in total. The highest BCUT2D eigenvalue weighted by Gasteiger charge is 2.55. The molecule has 0 unspecified atom stereocenters. The van der Waals surface area contributed by atoms with Crippen molar-refractivity contribution in [2.24, 2.45) is 0 Å². The van der Waals surface area contributed by atoms with Crippen molar-refractivity contribution in [1.29, 1.82) is 0 Å². The maximum atomic E-state index is 11.0. The summed E-state index contributed by atoms with van der Waals surface area (Å²) < 4.78 is 44.2. The molecule has 24 atom stereocenters. The van der Waals surface area contributed by atoms with Gasteiger partial charge in [-0.1, -0.05) is 0 Å². The zero-order valence-electron chi connectivity index (χ0n) is 28.4. The van der Waals surface area contributed by atoms with E-state index in [1.807, 2.05) is 0 Å². The molecule has 1 aliphatic carbocycles. The normalized spacial score (nSPS) is 54.1. The fraction of sp³-hybridized carbons (Fsp3) is 1.00. The lowest BCUT2D eigenvalue weighted by Crippen LogP contribution is -2.67. The van der Waals surface area contributed by atoms with E-state index in [1.165, 1.54) is 6.92 Å². The van der Waals surface area contributed by atoms with Crippen LogP contribution in [0.1, 0.15) is 19.8 Å². The summed E-state index contributed by atoms with van der Waals surface area (Å²) in [5.41, 5.74) is 0. The minimum absolute atomic E-state index is 0.0182. The van der Waals surface area contributed by atoms with E-state index < -0.39 is 167 Å². The maximum absolute atomic E-state index is 11.0. The van der Waals surface area contributed by atoms with Gasteiger partial charge in [0.15, 0.2) is 25.2 Å². The predicted molar refractivity (Wildman–Crippen MR) is 162 cm³/mol. The van der Waals surface area contributed by atoms with Gasteiger partial charge in [0.25, 0.3) is 0 Å². The highest BCUT2D eigenvalue weighted by molar-refractivity contribution is 4.98. The van der Waals surface area contributed by atoms with Gasteiger partial charge in [0.1, 0.15) is 104 Å². The Labute approximate surface area is 301 Å². The third-order valence-electron chi connectivity index (χ3n) is 10.4. The lowest BCUT2D eigenvalue weighted by atomic mass is 9.88. The fourth-order valence-electron chi connectivity index (χ4n) is 7.15. The van der Waals surface area contributed by atoms with Gasteiger partial charge < -0.3 is 114 Å². The molecule has 0 aromatic heterocycles. The summed E-state index contributed by atoms with van der Waals surface area (Å²) in [5, 5.41) is 155. The van der Waals surface area contributed by atoms with E-state index in [-0.39, 0.29) is 12.8 Å². The first kappa shape index (κ1) is 43.2. The Hall–Kier alpha value is -0.920. The molecule has 0 aromatic rings. The van der Waals surface area contributed by atoms with Crippen LogP contribution in [-0.2, 0) is 37.9 Å². The molecule has 0 bridgehead atoms. The third-order valence-corrected chi connectivity index (χ3v) is 10.4. The monoisotopic (exact) mass is 780 g/mol. The van der Waals surface area contributed by atoms with E-state index in [4.69, 9.17) is 37.9 Å². The quantitative estimate of drug-likeness (QED) is 0.0925. The molecule has 310 valence electrons. The van der Waals surface area contributed by atoms with Crippen LogP contribution in [0.5, 0.6) is 0 Å². The Morgan fingerprint density at radius 2 is 0.792 bits per heavy atom. The summed E-state index contributed by atoms with van der Waals surface area (Å²) >= 11 is 0. The van der Waals surface area contributed by atoms with Crippen molar-refractivity contribution in [1.82, 2.24) is 0 Å². The van der Waals surface area contributed by atoms with Crippen molar-refractivity contribution in [3.63, 3.8) is 0 Å². The summed E-state index contributed by atoms with van der Waals surface area (Å²) in [7, 11) is 0. The van der Waals surface area contributed by atoms with Crippen LogP contribution in [0.4, 0.5) is 0 Å². The first-order valence-electron chi connectivity index (χ1n) is 17.3. The molecule has 0 amide bonds. The summed E-state index contributed by atoms with van der Waals surface area (Å²) in [6, 6.07) is 0. The van der Waals surface area contributed by atoms with Crippen LogP contribution >= 0.6 is 0 Å². The zero-order chi connectivity index (χ0) is 39.0. The molecule has 53 heavy (non-hydrogen) atoms. The SMILES string of the molecule is C[C@@H]1O[C@H](O)[C@H](O)[C@H](O)[C@H]1O[C@H]1CC[C@H](O[C@H]2O[C@H](CO)[C@@H](O[C@@H]3O[C@H](CO)[C@@H](O[C@H]4O[C@H](CO)[C@H](O)[C@H](O)[C@@H]4O)[C@H](O)[C@@H]3O)[C@H](O)[C@@H]2O)[C@@H](O)[C@@H]1O. The summed E-state index contributed by atoms with van der Waals surface area (Å²) in [6.07, 6.45) is -39.0. The van der Waals surface area contributed by atoms with E-state index in [1.54, 1.807) is 0 Å². The number of rotatable bonds is 11. The molecule has 4 aliphatic heterocycles. The van der Waals surface area contributed by atoms with E-state index in [0.29, 0.717) is 0 Å². The minimum atomic E-state index is -2.02. The van der Waals surface area contributed by atoms with Gasteiger partial charge in [-0.2, -0.15) is 0 Å². The predicted octanol–water partition coefficient (Wildman–Crippen LogP) is -9.45. The molecule has 5 fully saturated rings. The van der Waals surface area contributed by atoms with Crippen LogP contribution in [0.2, 0.25) is 0 Å². The molecule has 0 aromatic carbocycles. The highest BCUT2D eigenvalue weighted by Crippen LogP contribution is 2.35. The average molecular weight is 781 g/mol. The Morgan fingerprint density at radius 3 is 1.26 bits per heavy atom. The van der Waals surface area contributed by atoms with Crippen molar-refractivity contribution in [2.75, 3.05) is 19.8 Å². The van der Waals surface area contributed by atoms with Crippen LogP contribution in [0.15, 0.2) is 0 Å². The van der Waals surface area contributed by atoms with Crippen molar-refractivity contribution in [3.05, 3.63) is 0 Å². The Bertz CT molecular complexity index is 1140. The molecule has 4 saturated heterocycles. The standard InChI is InChI=1S/C30H52O23/c1-7-24(17(38)20(41)27(45)46-7)47-8-2-3-9(14(35)13(8)34)48-28-22(43)18(39)25(11(5-32)50-28)53-30-23(44)19(40)26(12(6-33)51-30)52-29-21(42)16(37)15(36)10(4-31)49-29/h7-45H,2-6H2,1H3/t7-,8-,9-,10+,11+,12+,13+,14+,15-,16-,17-,18+,19+,20+,21-,22-,23-,24-,25+,26+,27-,28-,29+,30-/m0/s1. The Balaban J connectivity index is 1.18. The van der Waals surface area contributed by atoms with Crippen LogP contribution in [-0.4, -0.2) is 244 Å². The maximum Gasteiger partial charge on any atom is 0.187 e. The van der Waals surface area contributed by atoms with E-state index in [0.717, 1.165) is 0 Å². The van der Waals surface area contributed by atoms with Gasteiger partial charge in [-0.3, -0.25) is 0 Å². The minimum Gasteiger partial charge on any atom is -0.394 e. The Morgan fingerprint density at radius 1 is 0.396 bits per heavy atom. The molecule has 4 heterocycles. The third kappa shape index (κ3) is 8.82. The average Bonchev–Trinajstić information content (AvgIpc) is 3.14. The molecule has 0 spiro atoms. The van der Waals surface area contributed by atoms with Crippen LogP contribution in [0.25, 0.3) is 0 Å². The topological polar surface area (TPSA) is 377 Å². The van der Waals surface area contributed by atoms with Crippen molar-refractivity contribution >= 4 is 0 Å². The first-order chi connectivity index (χ1) is 25.0. The van der Waals surface area contributed by atoms with Gasteiger partial charge in [0.05, 0.1) is 38.1 Å². The molecular formula is C30H52O23. The van der Waals surface area contributed by atoms with Gasteiger partial charge in [0, 0.05) is 0 Å². The van der Waals surface area contributed by atoms with Crippen LogP contribution in [0, 0.1) is 0 Å². The summed E-state index contributed by atoms with van der Waals surface area (Å²) in [6.45, 7) is -1.08.